The summed E-state index contributed by atoms with van der Waals surface area (Å²) in [5.41, 5.74) is -0.0594. The zero-order chi connectivity index (χ0) is 14.4. The number of hydrogen-bond donors (Lipinski definition) is 1. The fraction of sp³-hybridized carbons (Fsp3) is 0.583. The molecule has 0 saturated carbocycles. The van der Waals surface area contributed by atoms with Crippen molar-refractivity contribution in [2.75, 3.05) is 25.0 Å². The maximum absolute atomic E-state index is 10.9. The van der Waals surface area contributed by atoms with Crippen LogP contribution >= 0.6 is 11.6 Å². The Kier molecular flexibility index (Phi) is 5.98. The summed E-state index contributed by atoms with van der Waals surface area (Å²) in [7, 11) is 0. The Morgan fingerprint density at radius 2 is 2.11 bits per heavy atom. The van der Waals surface area contributed by atoms with Gasteiger partial charge >= 0.3 is 5.69 Å². The van der Waals surface area contributed by atoms with Crippen LogP contribution in [0.5, 0.6) is 0 Å². The van der Waals surface area contributed by atoms with Crippen LogP contribution < -0.4 is 5.32 Å². The van der Waals surface area contributed by atoms with Crippen LogP contribution in [0.15, 0.2) is 12.1 Å². The van der Waals surface area contributed by atoms with Crippen LogP contribution in [-0.4, -0.2) is 40.5 Å². The molecule has 19 heavy (non-hydrogen) atoms. The van der Waals surface area contributed by atoms with Gasteiger partial charge in [0.05, 0.1) is 4.92 Å². The van der Waals surface area contributed by atoms with Gasteiger partial charge in [-0.25, -0.2) is 4.98 Å². The Hall–Kier alpha value is -1.40. The summed E-state index contributed by atoms with van der Waals surface area (Å²) >= 11 is 5.78. The molecular formula is C12H19ClN4O2. The number of nitrogens with zero attached hydrogens (tertiary/aromatic N) is 3. The molecule has 0 bridgehead atoms. The van der Waals surface area contributed by atoms with Crippen molar-refractivity contribution in [3.8, 4) is 0 Å². The van der Waals surface area contributed by atoms with E-state index in [1.807, 2.05) is 6.92 Å². The van der Waals surface area contributed by atoms with Crippen LogP contribution in [0, 0.1) is 10.1 Å². The van der Waals surface area contributed by atoms with E-state index < -0.39 is 4.92 Å². The molecule has 1 rings (SSSR count). The predicted octanol–water partition coefficient (Wildman–Crippen LogP) is 2.79. The first-order valence-corrected chi connectivity index (χ1v) is 6.65. The Morgan fingerprint density at radius 3 is 2.63 bits per heavy atom. The van der Waals surface area contributed by atoms with Crippen molar-refractivity contribution in [1.29, 1.82) is 0 Å². The lowest BCUT2D eigenvalue weighted by Gasteiger charge is -2.23. The summed E-state index contributed by atoms with van der Waals surface area (Å²) in [6.07, 6.45) is 0. The number of anilines is 1. The highest BCUT2D eigenvalue weighted by Crippen LogP contribution is 2.24. The van der Waals surface area contributed by atoms with Crippen molar-refractivity contribution < 1.29 is 4.92 Å². The van der Waals surface area contributed by atoms with E-state index in [0.29, 0.717) is 0 Å². The molecule has 1 heterocycles. The summed E-state index contributed by atoms with van der Waals surface area (Å²) in [5.74, 6) is 0.220. The molecule has 1 unspecified atom stereocenters. The van der Waals surface area contributed by atoms with E-state index in [2.05, 4.69) is 29.0 Å². The third-order valence-corrected chi connectivity index (χ3v) is 3.06. The number of pyridine rings is 1. The van der Waals surface area contributed by atoms with Crippen molar-refractivity contribution >= 4 is 23.1 Å². The van der Waals surface area contributed by atoms with E-state index in [4.69, 9.17) is 11.6 Å². The Morgan fingerprint density at radius 1 is 1.47 bits per heavy atom. The quantitative estimate of drug-likeness (QED) is 0.474. The molecule has 1 atom stereocenters. The maximum Gasteiger partial charge on any atom is 0.311 e. The lowest BCUT2D eigenvalue weighted by atomic mass is 10.3. The van der Waals surface area contributed by atoms with Crippen molar-refractivity contribution in [2.24, 2.45) is 0 Å². The average Bonchev–Trinajstić information content (AvgIpc) is 2.35. The smallest absolute Gasteiger partial charge is 0.311 e. The van der Waals surface area contributed by atoms with E-state index in [-0.39, 0.29) is 22.7 Å². The zero-order valence-electron chi connectivity index (χ0n) is 11.4. The first-order valence-electron chi connectivity index (χ1n) is 6.27. The second-order valence-corrected chi connectivity index (χ2v) is 4.68. The number of rotatable bonds is 7. The molecule has 0 amide bonds. The first kappa shape index (κ1) is 15.7. The molecule has 0 aromatic carbocycles. The van der Waals surface area contributed by atoms with Gasteiger partial charge in [0, 0.05) is 18.7 Å². The number of likely N-dealkylation sites (N-methyl/N-ethyl adjacent to an activating group) is 1. The third-order valence-electron chi connectivity index (χ3n) is 2.85. The molecule has 0 saturated heterocycles. The van der Waals surface area contributed by atoms with Crippen LogP contribution in [0.2, 0.25) is 5.15 Å². The molecule has 0 spiro atoms. The van der Waals surface area contributed by atoms with E-state index in [9.17, 15) is 10.1 Å². The summed E-state index contributed by atoms with van der Waals surface area (Å²) in [6.45, 7) is 8.79. The highest BCUT2D eigenvalue weighted by molar-refractivity contribution is 6.29. The van der Waals surface area contributed by atoms with Crippen LogP contribution in [0.1, 0.15) is 20.8 Å². The Bertz CT molecular complexity index is 438. The zero-order valence-corrected chi connectivity index (χ0v) is 12.1. The van der Waals surface area contributed by atoms with E-state index in [0.717, 1.165) is 19.6 Å². The molecule has 7 heteroatoms. The second kappa shape index (κ2) is 7.25. The Labute approximate surface area is 117 Å². The van der Waals surface area contributed by atoms with Crippen molar-refractivity contribution in [2.45, 2.75) is 26.8 Å². The largest absolute Gasteiger partial charge is 0.361 e. The van der Waals surface area contributed by atoms with Gasteiger partial charge in [-0.3, -0.25) is 10.1 Å². The number of aromatic nitrogens is 1. The summed E-state index contributed by atoms with van der Waals surface area (Å²) in [5, 5.41) is 14.2. The van der Waals surface area contributed by atoms with Gasteiger partial charge in [0.15, 0.2) is 0 Å². The lowest BCUT2D eigenvalue weighted by molar-refractivity contribution is -0.384. The molecular weight excluding hydrogens is 268 g/mol. The monoisotopic (exact) mass is 286 g/mol. The summed E-state index contributed by atoms with van der Waals surface area (Å²) in [6, 6.07) is 2.83. The number of halogens is 1. The van der Waals surface area contributed by atoms with E-state index in [1.165, 1.54) is 12.1 Å². The van der Waals surface area contributed by atoms with Gasteiger partial charge in [0.25, 0.3) is 0 Å². The standard InChI is InChI=1S/C12H19ClN4O2/c1-4-16(5-2)8-9(3)14-12-10(17(18)19)6-7-11(13)15-12/h6-7,9H,4-5,8H2,1-3H3,(H,14,15). The number of hydrogen-bond acceptors (Lipinski definition) is 5. The third kappa shape index (κ3) is 4.65. The fourth-order valence-corrected chi connectivity index (χ4v) is 1.98. The number of nitrogens with one attached hydrogen (secondary N) is 1. The van der Waals surface area contributed by atoms with Crippen molar-refractivity contribution in [3.63, 3.8) is 0 Å². The normalized spacial score (nSPS) is 12.5. The van der Waals surface area contributed by atoms with Gasteiger partial charge < -0.3 is 10.2 Å². The predicted molar refractivity (Wildman–Crippen MR) is 76.8 cm³/mol. The molecule has 6 nitrogen and oxygen atoms in total. The topological polar surface area (TPSA) is 71.3 Å². The van der Waals surface area contributed by atoms with E-state index >= 15 is 0 Å². The molecule has 0 radical (unpaired) electrons. The minimum Gasteiger partial charge on any atom is -0.361 e. The fourth-order valence-electron chi connectivity index (χ4n) is 1.83. The second-order valence-electron chi connectivity index (χ2n) is 4.29. The van der Waals surface area contributed by atoms with Crippen molar-refractivity contribution in [1.82, 2.24) is 9.88 Å². The molecule has 1 aromatic rings. The van der Waals surface area contributed by atoms with Crippen molar-refractivity contribution in [3.05, 3.63) is 27.4 Å². The molecule has 0 aliphatic heterocycles. The van der Waals surface area contributed by atoms with Gasteiger partial charge in [0.2, 0.25) is 5.82 Å². The van der Waals surface area contributed by atoms with E-state index in [1.54, 1.807) is 0 Å². The number of nitro groups is 1. The lowest BCUT2D eigenvalue weighted by Crippen LogP contribution is -2.35. The van der Waals surface area contributed by atoms with Gasteiger partial charge in [-0.05, 0) is 26.1 Å². The molecule has 1 aromatic heterocycles. The molecule has 0 aliphatic carbocycles. The summed E-state index contributed by atoms with van der Waals surface area (Å²) < 4.78 is 0. The van der Waals surface area contributed by atoms with Crippen LogP contribution in [0.3, 0.4) is 0 Å². The van der Waals surface area contributed by atoms with Crippen LogP contribution in [-0.2, 0) is 0 Å². The van der Waals surface area contributed by atoms with Crippen LogP contribution in [0.25, 0.3) is 0 Å². The highest BCUT2D eigenvalue weighted by atomic mass is 35.5. The molecule has 0 aliphatic rings. The molecule has 0 fully saturated rings. The van der Waals surface area contributed by atoms with Gasteiger partial charge in [-0.2, -0.15) is 0 Å². The average molecular weight is 287 g/mol. The minimum absolute atomic E-state index is 0.0459. The van der Waals surface area contributed by atoms with Crippen LogP contribution in [0.4, 0.5) is 11.5 Å². The first-order chi connectivity index (χ1) is 8.97. The minimum atomic E-state index is -0.463. The molecule has 106 valence electrons. The van der Waals surface area contributed by atoms with Gasteiger partial charge in [0.1, 0.15) is 5.15 Å². The maximum atomic E-state index is 10.9. The summed E-state index contributed by atoms with van der Waals surface area (Å²) in [4.78, 5) is 16.7. The highest BCUT2D eigenvalue weighted by Gasteiger charge is 2.18. The van der Waals surface area contributed by atoms with Gasteiger partial charge in [-0.15, -0.1) is 0 Å². The van der Waals surface area contributed by atoms with Gasteiger partial charge in [-0.1, -0.05) is 25.4 Å². The molecule has 1 N–H and O–H groups in total. The SMILES string of the molecule is CCN(CC)CC(C)Nc1nc(Cl)ccc1[N+](=O)[O-]. The Balaban J connectivity index is 2.80.